The predicted octanol–water partition coefficient (Wildman–Crippen LogP) is -0.244. The summed E-state index contributed by atoms with van der Waals surface area (Å²) in [5, 5.41) is 11.2. The maximum atomic E-state index is 11.6. The van der Waals surface area contributed by atoms with E-state index in [1.807, 2.05) is 6.92 Å². The molecule has 0 spiro atoms. The largest absolute Gasteiger partial charge is 0.481 e. The van der Waals surface area contributed by atoms with Crippen molar-refractivity contribution in [3.8, 4) is 0 Å². The van der Waals surface area contributed by atoms with Crippen LogP contribution < -0.4 is 11.1 Å². The van der Waals surface area contributed by atoms with E-state index in [0.29, 0.717) is 19.4 Å². The zero-order valence-electron chi connectivity index (χ0n) is 12.0. The monoisotopic (exact) mass is 308 g/mol. The summed E-state index contributed by atoms with van der Waals surface area (Å²) in [5.74, 6) is -1.13. The van der Waals surface area contributed by atoms with Crippen LogP contribution in [0.15, 0.2) is 0 Å². The molecule has 0 bridgehead atoms. The first kappa shape index (κ1) is 18.9. The van der Waals surface area contributed by atoms with Gasteiger partial charge in [-0.2, -0.15) is 0 Å². The van der Waals surface area contributed by atoms with E-state index in [4.69, 9.17) is 10.8 Å². The van der Waals surface area contributed by atoms with Gasteiger partial charge in [-0.1, -0.05) is 6.92 Å². The lowest BCUT2D eigenvalue weighted by Gasteiger charge is -2.14. The van der Waals surface area contributed by atoms with Crippen LogP contribution in [0.3, 0.4) is 0 Å². The number of amides is 1. The summed E-state index contributed by atoms with van der Waals surface area (Å²) in [6.07, 6.45) is 2.53. The van der Waals surface area contributed by atoms with Gasteiger partial charge in [0.05, 0.1) is 11.8 Å². The SMILES string of the molecule is CC(CCNC(=O)C(N)CCS(C)(=O)=O)CCC(=O)O. The van der Waals surface area contributed by atoms with Crippen molar-refractivity contribution in [2.45, 2.75) is 38.6 Å². The maximum Gasteiger partial charge on any atom is 0.303 e. The van der Waals surface area contributed by atoms with Gasteiger partial charge in [0, 0.05) is 19.2 Å². The molecule has 0 aromatic heterocycles. The molecule has 2 unspecified atom stereocenters. The van der Waals surface area contributed by atoms with Crippen molar-refractivity contribution < 1.29 is 23.1 Å². The molecule has 0 heterocycles. The van der Waals surface area contributed by atoms with Crippen LogP contribution in [0.1, 0.15) is 32.6 Å². The molecule has 0 aliphatic rings. The highest BCUT2D eigenvalue weighted by atomic mass is 32.2. The van der Waals surface area contributed by atoms with Crippen LogP contribution >= 0.6 is 0 Å². The Labute approximate surface area is 119 Å². The van der Waals surface area contributed by atoms with Gasteiger partial charge in [-0.05, 0) is 25.2 Å². The van der Waals surface area contributed by atoms with E-state index in [1.165, 1.54) is 0 Å². The second-order valence-corrected chi connectivity index (χ2v) is 7.40. The molecule has 118 valence electrons. The van der Waals surface area contributed by atoms with Gasteiger partial charge in [0.2, 0.25) is 5.91 Å². The normalized spacial score (nSPS) is 14.6. The molecule has 0 saturated carbocycles. The van der Waals surface area contributed by atoms with Gasteiger partial charge in [-0.25, -0.2) is 8.42 Å². The highest BCUT2D eigenvalue weighted by Gasteiger charge is 2.15. The fourth-order valence-corrected chi connectivity index (χ4v) is 2.24. The van der Waals surface area contributed by atoms with Crippen molar-refractivity contribution in [2.24, 2.45) is 11.7 Å². The van der Waals surface area contributed by atoms with Crippen molar-refractivity contribution in [1.29, 1.82) is 0 Å². The third-order valence-electron chi connectivity index (χ3n) is 2.92. The Kier molecular flexibility index (Phi) is 8.40. The van der Waals surface area contributed by atoms with Crippen molar-refractivity contribution in [1.82, 2.24) is 5.32 Å². The summed E-state index contributed by atoms with van der Waals surface area (Å²) in [5.41, 5.74) is 5.59. The molecule has 0 aliphatic carbocycles. The quantitative estimate of drug-likeness (QED) is 0.511. The van der Waals surface area contributed by atoms with Crippen molar-refractivity contribution in [2.75, 3.05) is 18.6 Å². The lowest BCUT2D eigenvalue weighted by atomic mass is 10.0. The lowest BCUT2D eigenvalue weighted by Crippen LogP contribution is -2.42. The Morgan fingerprint density at radius 1 is 1.25 bits per heavy atom. The second kappa shape index (κ2) is 8.91. The number of carbonyl (C=O) groups excluding carboxylic acids is 1. The van der Waals surface area contributed by atoms with E-state index in [9.17, 15) is 18.0 Å². The number of rotatable bonds is 10. The van der Waals surface area contributed by atoms with Gasteiger partial charge in [0.15, 0.2) is 0 Å². The number of carboxylic acids is 1. The molecule has 4 N–H and O–H groups in total. The summed E-state index contributed by atoms with van der Waals surface area (Å²) >= 11 is 0. The number of nitrogens with two attached hydrogens (primary N) is 1. The zero-order valence-corrected chi connectivity index (χ0v) is 12.8. The summed E-state index contributed by atoms with van der Waals surface area (Å²) in [6, 6.07) is -0.834. The van der Waals surface area contributed by atoms with Gasteiger partial charge < -0.3 is 16.2 Å². The molecule has 8 heteroatoms. The van der Waals surface area contributed by atoms with Gasteiger partial charge in [-0.3, -0.25) is 9.59 Å². The van der Waals surface area contributed by atoms with Crippen LogP contribution in [-0.2, 0) is 19.4 Å². The van der Waals surface area contributed by atoms with Crippen LogP contribution in [-0.4, -0.2) is 50.0 Å². The first-order chi connectivity index (χ1) is 9.11. The number of hydrogen-bond donors (Lipinski definition) is 3. The molecule has 2 atom stereocenters. The minimum absolute atomic E-state index is 0.0965. The Bertz CT molecular complexity index is 422. The maximum absolute atomic E-state index is 11.6. The third kappa shape index (κ3) is 10.7. The zero-order chi connectivity index (χ0) is 15.8. The van der Waals surface area contributed by atoms with Crippen LogP contribution in [0, 0.1) is 5.92 Å². The van der Waals surface area contributed by atoms with Crippen molar-refractivity contribution in [3.05, 3.63) is 0 Å². The minimum Gasteiger partial charge on any atom is -0.481 e. The van der Waals surface area contributed by atoms with Gasteiger partial charge in [-0.15, -0.1) is 0 Å². The smallest absolute Gasteiger partial charge is 0.303 e. The molecule has 0 aliphatic heterocycles. The van der Waals surface area contributed by atoms with E-state index in [2.05, 4.69) is 5.32 Å². The Morgan fingerprint density at radius 2 is 1.85 bits per heavy atom. The van der Waals surface area contributed by atoms with Crippen LogP contribution in [0.4, 0.5) is 0 Å². The van der Waals surface area contributed by atoms with Crippen molar-refractivity contribution >= 4 is 21.7 Å². The average Bonchev–Trinajstić information content (AvgIpc) is 2.32. The molecule has 20 heavy (non-hydrogen) atoms. The van der Waals surface area contributed by atoms with Crippen molar-refractivity contribution in [3.63, 3.8) is 0 Å². The second-order valence-electron chi connectivity index (χ2n) is 5.14. The summed E-state index contributed by atoms with van der Waals surface area (Å²) in [6.45, 7) is 2.32. The highest BCUT2D eigenvalue weighted by Crippen LogP contribution is 2.09. The number of carbonyl (C=O) groups is 2. The van der Waals surface area contributed by atoms with E-state index in [-0.39, 0.29) is 30.4 Å². The van der Waals surface area contributed by atoms with E-state index < -0.39 is 21.8 Å². The number of carboxylic acid groups (broad SMARTS) is 1. The third-order valence-corrected chi connectivity index (χ3v) is 3.90. The summed E-state index contributed by atoms with van der Waals surface area (Å²) in [7, 11) is -3.12. The van der Waals surface area contributed by atoms with Gasteiger partial charge in [0.1, 0.15) is 9.84 Å². The molecule has 0 rings (SSSR count). The molecule has 0 saturated heterocycles. The fourth-order valence-electron chi connectivity index (χ4n) is 1.56. The van der Waals surface area contributed by atoms with E-state index in [1.54, 1.807) is 0 Å². The summed E-state index contributed by atoms with van der Waals surface area (Å²) < 4.78 is 21.9. The summed E-state index contributed by atoms with van der Waals surface area (Å²) in [4.78, 5) is 22.0. The average molecular weight is 308 g/mol. The highest BCUT2D eigenvalue weighted by molar-refractivity contribution is 7.90. The van der Waals surface area contributed by atoms with Gasteiger partial charge in [0.25, 0.3) is 0 Å². The minimum atomic E-state index is -3.12. The Hall–Kier alpha value is -1.15. The molecular weight excluding hydrogens is 284 g/mol. The molecule has 1 amide bonds. The number of sulfone groups is 1. The molecule has 0 fully saturated rings. The first-order valence-corrected chi connectivity index (χ1v) is 8.60. The predicted molar refractivity (Wildman–Crippen MR) is 76.0 cm³/mol. The number of hydrogen-bond acceptors (Lipinski definition) is 5. The van der Waals surface area contributed by atoms with E-state index >= 15 is 0 Å². The fraction of sp³-hybridized carbons (Fsp3) is 0.833. The first-order valence-electron chi connectivity index (χ1n) is 6.54. The molecule has 0 aromatic rings. The Balaban J connectivity index is 3.84. The van der Waals surface area contributed by atoms with E-state index in [0.717, 1.165) is 6.26 Å². The lowest BCUT2D eigenvalue weighted by molar-refractivity contribution is -0.137. The molecular formula is C12H24N2O5S. The molecule has 7 nitrogen and oxygen atoms in total. The number of aliphatic carboxylic acids is 1. The standard InChI is InChI=1S/C12H24N2O5S/c1-9(3-4-11(15)16)5-7-14-12(17)10(13)6-8-20(2,18)19/h9-10H,3-8,13H2,1-2H3,(H,14,17)(H,15,16). The Morgan fingerprint density at radius 3 is 2.35 bits per heavy atom. The number of nitrogens with one attached hydrogen (secondary N) is 1. The van der Waals surface area contributed by atoms with Crippen LogP contribution in [0.5, 0.6) is 0 Å². The topological polar surface area (TPSA) is 127 Å². The molecule has 0 radical (unpaired) electrons. The molecule has 0 aromatic carbocycles. The van der Waals surface area contributed by atoms with Gasteiger partial charge >= 0.3 is 5.97 Å². The van der Waals surface area contributed by atoms with Crippen LogP contribution in [0.25, 0.3) is 0 Å². The van der Waals surface area contributed by atoms with Crippen LogP contribution in [0.2, 0.25) is 0 Å².